The summed E-state index contributed by atoms with van der Waals surface area (Å²) in [5, 5.41) is 18.8. The molecular formula is C38H45N3O5S. The molecule has 0 aromatic heterocycles. The number of benzene rings is 3. The van der Waals surface area contributed by atoms with E-state index in [0.29, 0.717) is 13.0 Å². The van der Waals surface area contributed by atoms with Gasteiger partial charge < -0.3 is 30.5 Å². The number of anilines is 1. The van der Waals surface area contributed by atoms with Gasteiger partial charge in [0.05, 0.1) is 18.8 Å². The molecule has 3 amide bonds. The van der Waals surface area contributed by atoms with Crippen molar-refractivity contribution in [2.75, 3.05) is 11.1 Å². The predicted molar refractivity (Wildman–Crippen MR) is 183 cm³/mol. The van der Waals surface area contributed by atoms with Gasteiger partial charge in [0, 0.05) is 47.3 Å². The molecule has 8 nitrogen and oxygen atoms in total. The molecule has 0 unspecified atom stereocenters. The molecule has 5 fully saturated rings. The van der Waals surface area contributed by atoms with E-state index in [0.717, 1.165) is 75.6 Å². The molecule has 4 N–H and O–H groups in total. The van der Waals surface area contributed by atoms with Crippen molar-refractivity contribution in [3.63, 3.8) is 0 Å². The number of nitrogens with one attached hydrogen (secondary N) is 3. The molecule has 3 aromatic rings. The first-order valence-corrected chi connectivity index (χ1v) is 18.0. The Bertz CT molecular complexity index is 1510. The number of aliphatic hydroxyl groups excluding tert-OH is 1. The first kappa shape index (κ1) is 32.2. The third-order valence-electron chi connectivity index (χ3n) is 10.3. The van der Waals surface area contributed by atoms with Gasteiger partial charge in [-0.1, -0.05) is 48.5 Å². The van der Waals surface area contributed by atoms with Crippen molar-refractivity contribution >= 4 is 29.4 Å². The van der Waals surface area contributed by atoms with Gasteiger partial charge in [0.1, 0.15) is 0 Å². The van der Waals surface area contributed by atoms with Crippen LogP contribution in [0.1, 0.15) is 86.5 Å². The minimum atomic E-state index is -0.541. The molecule has 0 spiro atoms. The Morgan fingerprint density at radius 3 is 2.04 bits per heavy atom. The molecule has 1 aliphatic heterocycles. The Morgan fingerprint density at radius 2 is 1.43 bits per heavy atom. The van der Waals surface area contributed by atoms with Crippen molar-refractivity contribution in [2.24, 2.45) is 17.8 Å². The SMILES string of the molecule is CC(=O)Nc1ccc(SC[C@H]2C[C@@H](c3ccc(CO)cc3)O[C@@H](c3ccc(CNC(=O)NC45CC6CC(CC(C6)C4)C5)cc3)O2)cc1. The highest BCUT2D eigenvalue weighted by molar-refractivity contribution is 7.99. The highest BCUT2D eigenvalue weighted by Crippen LogP contribution is 2.55. The van der Waals surface area contributed by atoms with Gasteiger partial charge in [0.25, 0.3) is 0 Å². The minimum Gasteiger partial charge on any atom is -0.392 e. The second kappa shape index (κ2) is 14.0. The van der Waals surface area contributed by atoms with Crippen LogP contribution in [0.25, 0.3) is 0 Å². The maximum absolute atomic E-state index is 13.0. The number of carbonyl (C=O) groups excluding carboxylic acids is 2. The number of amides is 3. The molecule has 1 heterocycles. The van der Waals surface area contributed by atoms with E-state index in [1.165, 1.54) is 26.2 Å². The van der Waals surface area contributed by atoms with Crippen molar-refractivity contribution in [3.8, 4) is 0 Å². The molecule has 4 bridgehead atoms. The summed E-state index contributed by atoms with van der Waals surface area (Å²) in [5.41, 5.74) is 4.64. The van der Waals surface area contributed by atoms with E-state index in [4.69, 9.17) is 9.47 Å². The van der Waals surface area contributed by atoms with Crippen LogP contribution in [0.3, 0.4) is 0 Å². The van der Waals surface area contributed by atoms with Crippen LogP contribution >= 0.6 is 11.8 Å². The minimum absolute atomic E-state index is 0.00170. The first-order valence-electron chi connectivity index (χ1n) is 17.0. The van der Waals surface area contributed by atoms with Gasteiger partial charge in [-0.05, 0) is 97.2 Å². The van der Waals surface area contributed by atoms with Gasteiger partial charge in [0.2, 0.25) is 5.91 Å². The lowest BCUT2D eigenvalue weighted by atomic mass is 9.53. The summed E-state index contributed by atoms with van der Waals surface area (Å²) in [6.45, 7) is 1.97. The van der Waals surface area contributed by atoms with E-state index in [-0.39, 0.29) is 36.3 Å². The highest BCUT2D eigenvalue weighted by atomic mass is 32.2. The average molecular weight is 656 g/mol. The van der Waals surface area contributed by atoms with Crippen LogP contribution in [-0.4, -0.2) is 34.4 Å². The van der Waals surface area contributed by atoms with Crippen molar-refractivity contribution in [1.29, 1.82) is 0 Å². The molecule has 47 heavy (non-hydrogen) atoms. The lowest BCUT2D eigenvalue weighted by Gasteiger charge is -2.56. The van der Waals surface area contributed by atoms with Crippen LogP contribution in [0.2, 0.25) is 0 Å². The van der Waals surface area contributed by atoms with E-state index in [9.17, 15) is 14.7 Å². The molecule has 4 aliphatic carbocycles. The van der Waals surface area contributed by atoms with Crippen LogP contribution in [0.5, 0.6) is 0 Å². The molecule has 5 aliphatic rings. The summed E-state index contributed by atoms with van der Waals surface area (Å²) in [6, 6.07) is 23.8. The largest absolute Gasteiger partial charge is 0.392 e. The zero-order valence-corrected chi connectivity index (χ0v) is 27.8. The lowest BCUT2D eigenvalue weighted by molar-refractivity contribution is -0.245. The maximum Gasteiger partial charge on any atom is 0.315 e. The summed E-state index contributed by atoms with van der Waals surface area (Å²) in [7, 11) is 0. The zero-order valence-electron chi connectivity index (χ0n) is 27.0. The van der Waals surface area contributed by atoms with Gasteiger partial charge in [-0.3, -0.25) is 4.79 Å². The Labute approximate surface area is 281 Å². The summed E-state index contributed by atoms with van der Waals surface area (Å²) >= 11 is 1.71. The van der Waals surface area contributed by atoms with Crippen molar-refractivity contribution in [2.45, 2.75) is 94.0 Å². The van der Waals surface area contributed by atoms with Crippen molar-refractivity contribution in [1.82, 2.24) is 10.6 Å². The molecular weight excluding hydrogens is 611 g/mol. The number of aliphatic hydroxyl groups is 1. The third-order valence-corrected chi connectivity index (χ3v) is 11.5. The number of thioether (sulfide) groups is 1. The fourth-order valence-corrected chi connectivity index (χ4v) is 9.49. The highest BCUT2D eigenvalue weighted by Gasteiger charge is 2.51. The molecule has 9 heteroatoms. The number of ether oxygens (including phenoxy) is 2. The Hall–Kier alpha value is -3.37. The van der Waals surface area contributed by atoms with E-state index >= 15 is 0 Å². The standard InChI is InChI=1S/C38H45N3O5S/c1-24(43)40-32-10-12-34(13-11-32)47-23-33-17-35(30-6-4-26(22-42)5-7-30)46-36(45-33)31-8-2-25(3-9-31)21-39-37(44)41-38-18-27-14-28(19-38)16-29(15-27)20-38/h2-13,27-29,33,35-36,42H,14-23H2,1H3,(H,40,43)(H2,39,41,44)/t27?,28?,29?,33-,35+,36+,38?/m1/s1. The van der Waals surface area contributed by atoms with Gasteiger partial charge in [-0.15, -0.1) is 11.8 Å². The zero-order chi connectivity index (χ0) is 32.4. The van der Waals surface area contributed by atoms with E-state index in [1.807, 2.05) is 72.8 Å². The van der Waals surface area contributed by atoms with E-state index in [1.54, 1.807) is 11.8 Å². The Kier molecular flexibility index (Phi) is 9.59. The quantitative estimate of drug-likeness (QED) is 0.172. The molecule has 3 atom stereocenters. The fraction of sp³-hybridized carbons (Fsp3) is 0.474. The predicted octanol–water partition coefficient (Wildman–Crippen LogP) is 7.24. The first-order chi connectivity index (χ1) is 22.8. The Balaban J connectivity index is 0.977. The van der Waals surface area contributed by atoms with Gasteiger partial charge in [0.15, 0.2) is 6.29 Å². The van der Waals surface area contributed by atoms with Gasteiger partial charge in [-0.2, -0.15) is 0 Å². The average Bonchev–Trinajstić information content (AvgIpc) is 3.06. The Morgan fingerprint density at radius 1 is 0.809 bits per heavy atom. The van der Waals surface area contributed by atoms with Crippen LogP contribution in [0.15, 0.2) is 77.7 Å². The number of carbonyl (C=O) groups is 2. The normalized spacial score (nSPS) is 29.3. The van der Waals surface area contributed by atoms with Crippen molar-refractivity contribution < 1.29 is 24.2 Å². The molecule has 3 aromatic carbocycles. The third kappa shape index (κ3) is 7.86. The molecule has 8 rings (SSSR count). The molecule has 0 radical (unpaired) electrons. The van der Waals surface area contributed by atoms with Crippen LogP contribution in [0, 0.1) is 17.8 Å². The number of urea groups is 1. The smallest absolute Gasteiger partial charge is 0.315 e. The van der Waals surface area contributed by atoms with Crippen LogP contribution in [-0.2, 0) is 27.4 Å². The maximum atomic E-state index is 13.0. The lowest BCUT2D eigenvalue weighted by Crippen LogP contribution is -2.61. The second-order valence-electron chi connectivity index (χ2n) is 14.1. The molecule has 4 saturated carbocycles. The summed E-state index contributed by atoms with van der Waals surface area (Å²) < 4.78 is 13.0. The van der Waals surface area contributed by atoms with Gasteiger partial charge >= 0.3 is 6.03 Å². The number of hydrogen-bond donors (Lipinski definition) is 4. The fourth-order valence-electron chi connectivity index (χ4n) is 8.57. The summed E-state index contributed by atoms with van der Waals surface area (Å²) in [5.74, 6) is 3.02. The summed E-state index contributed by atoms with van der Waals surface area (Å²) in [4.78, 5) is 25.5. The molecule has 248 valence electrons. The van der Waals surface area contributed by atoms with E-state index in [2.05, 4.69) is 16.0 Å². The molecule has 1 saturated heterocycles. The summed E-state index contributed by atoms with van der Waals surface area (Å²) in [6.07, 6.45) is 7.41. The van der Waals surface area contributed by atoms with Crippen molar-refractivity contribution in [3.05, 3.63) is 95.1 Å². The van der Waals surface area contributed by atoms with E-state index < -0.39 is 6.29 Å². The monoisotopic (exact) mass is 655 g/mol. The topological polar surface area (TPSA) is 109 Å². The van der Waals surface area contributed by atoms with Crippen LogP contribution in [0.4, 0.5) is 10.5 Å². The number of hydrogen-bond acceptors (Lipinski definition) is 6. The second-order valence-corrected chi connectivity index (χ2v) is 15.2. The number of rotatable bonds is 10. The van der Waals surface area contributed by atoms with Gasteiger partial charge in [-0.25, -0.2) is 4.79 Å². The van der Waals surface area contributed by atoms with Crippen LogP contribution < -0.4 is 16.0 Å².